The molecule has 4 nitrogen and oxygen atoms in total. The average molecular weight is 213 g/mol. The SMILES string of the molecule is CC(CN1CCCC(C)C1C)C(N)=NO. The summed E-state index contributed by atoms with van der Waals surface area (Å²) in [5.41, 5.74) is 5.59. The van der Waals surface area contributed by atoms with Crippen LogP contribution in [0.25, 0.3) is 0 Å². The summed E-state index contributed by atoms with van der Waals surface area (Å²) in [5.74, 6) is 1.21. The van der Waals surface area contributed by atoms with E-state index in [9.17, 15) is 0 Å². The van der Waals surface area contributed by atoms with Crippen molar-refractivity contribution in [2.75, 3.05) is 13.1 Å². The van der Waals surface area contributed by atoms with E-state index in [-0.39, 0.29) is 5.92 Å². The van der Waals surface area contributed by atoms with Crippen LogP contribution < -0.4 is 5.73 Å². The largest absolute Gasteiger partial charge is 0.409 e. The number of amidine groups is 1. The first-order chi connectivity index (χ1) is 7.06. The number of hydrogen-bond donors (Lipinski definition) is 2. The third-order valence-electron chi connectivity index (χ3n) is 3.63. The van der Waals surface area contributed by atoms with E-state index in [0.29, 0.717) is 11.9 Å². The number of nitrogens with zero attached hydrogens (tertiary/aromatic N) is 2. The minimum Gasteiger partial charge on any atom is -0.409 e. The van der Waals surface area contributed by atoms with Crippen LogP contribution in [0.3, 0.4) is 0 Å². The standard InChI is InChI=1S/C11H23N3O/c1-8-5-4-6-14(10(8)3)7-9(2)11(12)13-15/h8-10,15H,4-7H2,1-3H3,(H2,12,13). The van der Waals surface area contributed by atoms with Crippen LogP contribution in [0.5, 0.6) is 0 Å². The van der Waals surface area contributed by atoms with Gasteiger partial charge in [-0.2, -0.15) is 0 Å². The van der Waals surface area contributed by atoms with Crippen LogP contribution in [-0.4, -0.2) is 35.1 Å². The molecule has 3 atom stereocenters. The highest BCUT2D eigenvalue weighted by Crippen LogP contribution is 2.23. The van der Waals surface area contributed by atoms with Gasteiger partial charge >= 0.3 is 0 Å². The van der Waals surface area contributed by atoms with Gasteiger partial charge in [0.15, 0.2) is 0 Å². The van der Waals surface area contributed by atoms with Crippen LogP contribution in [0.15, 0.2) is 5.16 Å². The molecule has 3 unspecified atom stereocenters. The van der Waals surface area contributed by atoms with E-state index in [2.05, 4.69) is 23.9 Å². The summed E-state index contributed by atoms with van der Waals surface area (Å²) in [6.07, 6.45) is 2.57. The fourth-order valence-electron chi connectivity index (χ4n) is 2.22. The molecular formula is C11H23N3O. The normalized spacial score (nSPS) is 31.5. The molecule has 0 aromatic heterocycles. The van der Waals surface area contributed by atoms with Crippen molar-refractivity contribution >= 4 is 5.84 Å². The van der Waals surface area contributed by atoms with Gasteiger partial charge in [0.2, 0.25) is 0 Å². The van der Waals surface area contributed by atoms with Gasteiger partial charge < -0.3 is 10.9 Å². The Morgan fingerprint density at radius 2 is 2.27 bits per heavy atom. The van der Waals surface area contributed by atoms with Crippen LogP contribution in [0, 0.1) is 11.8 Å². The lowest BCUT2D eigenvalue weighted by molar-refractivity contribution is 0.106. The van der Waals surface area contributed by atoms with E-state index >= 15 is 0 Å². The summed E-state index contributed by atoms with van der Waals surface area (Å²) >= 11 is 0. The van der Waals surface area contributed by atoms with Gasteiger partial charge in [0.1, 0.15) is 5.84 Å². The molecule has 0 amide bonds. The van der Waals surface area contributed by atoms with Gasteiger partial charge in [-0.3, -0.25) is 4.90 Å². The Bertz CT molecular complexity index is 230. The molecule has 1 fully saturated rings. The van der Waals surface area contributed by atoms with Gasteiger partial charge in [-0.1, -0.05) is 19.0 Å². The van der Waals surface area contributed by atoms with E-state index < -0.39 is 0 Å². The van der Waals surface area contributed by atoms with Crippen molar-refractivity contribution in [3.63, 3.8) is 0 Å². The Morgan fingerprint density at radius 3 is 2.87 bits per heavy atom. The zero-order valence-corrected chi connectivity index (χ0v) is 9.98. The van der Waals surface area contributed by atoms with Crippen LogP contribution in [0.4, 0.5) is 0 Å². The predicted molar refractivity (Wildman–Crippen MR) is 62.0 cm³/mol. The summed E-state index contributed by atoms with van der Waals surface area (Å²) in [6, 6.07) is 0.604. The van der Waals surface area contributed by atoms with Gasteiger partial charge in [0.25, 0.3) is 0 Å². The summed E-state index contributed by atoms with van der Waals surface area (Å²) in [4.78, 5) is 2.44. The number of nitrogens with two attached hydrogens (primary N) is 1. The Hall–Kier alpha value is -0.770. The molecule has 15 heavy (non-hydrogen) atoms. The van der Waals surface area contributed by atoms with Gasteiger partial charge in [0.05, 0.1) is 0 Å². The van der Waals surface area contributed by atoms with Crippen molar-refractivity contribution in [1.82, 2.24) is 4.90 Å². The van der Waals surface area contributed by atoms with Crippen molar-refractivity contribution in [2.45, 2.75) is 39.7 Å². The summed E-state index contributed by atoms with van der Waals surface area (Å²) < 4.78 is 0. The summed E-state index contributed by atoms with van der Waals surface area (Å²) in [5, 5.41) is 11.7. The van der Waals surface area contributed by atoms with Crippen LogP contribution in [0.2, 0.25) is 0 Å². The Morgan fingerprint density at radius 1 is 1.60 bits per heavy atom. The van der Waals surface area contributed by atoms with E-state index in [1.165, 1.54) is 12.8 Å². The van der Waals surface area contributed by atoms with Crippen molar-refractivity contribution in [3.05, 3.63) is 0 Å². The molecule has 1 heterocycles. The number of hydrogen-bond acceptors (Lipinski definition) is 3. The van der Waals surface area contributed by atoms with Crippen molar-refractivity contribution in [2.24, 2.45) is 22.7 Å². The lowest BCUT2D eigenvalue weighted by atomic mass is 9.91. The molecule has 4 heteroatoms. The predicted octanol–water partition coefficient (Wildman–Crippen LogP) is 1.49. The molecular weight excluding hydrogens is 190 g/mol. The second kappa shape index (κ2) is 5.35. The highest BCUT2D eigenvalue weighted by molar-refractivity contribution is 5.82. The Kier molecular flexibility index (Phi) is 4.39. The highest BCUT2D eigenvalue weighted by Gasteiger charge is 2.26. The molecule has 0 spiro atoms. The average Bonchev–Trinajstić information content (AvgIpc) is 2.23. The van der Waals surface area contributed by atoms with Gasteiger partial charge in [-0.25, -0.2) is 0 Å². The number of oxime groups is 1. The molecule has 0 radical (unpaired) electrons. The van der Waals surface area contributed by atoms with Gasteiger partial charge in [-0.15, -0.1) is 0 Å². The topological polar surface area (TPSA) is 61.8 Å². The maximum Gasteiger partial charge on any atom is 0.143 e. The van der Waals surface area contributed by atoms with E-state index in [0.717, 1.165) is 19.0 Å². The molecule has 0 aromatic carbocycles. The maximum atomic E-state index is 8.60. The van der Waals surface area contributed by atoms with Crippen molar-refractivity contribution < 1.29 is 5.21 Å². The Balaban J connectivity index is 2.50. The molecule has 1 aliphatic heterocycles. The molecule has 88 valence electrons. The molecule has 1 aliphatic rings. The second-order valence-corrected chi connectivity index (χ2v) is 4.78. The summed E-state index contributed by atoms with van der Waals surface area (Å²) in [6.45, 7) is 8.59. The quantitative estimate of drug-likeness (QED) is 0.323. The third kappa shape index (κ3) is 3.09. The maximum absolute atomic E-state index is 8.60. The number of piperidine rings is 1. The molecule has 0 bridgehead atoms. The molecule has 0 aromatic rings. The van der Waals surface area contributed by atoms with Crippen LogP contribution in [-0.2, 0) is 0 Å². The lowest BCUT2D eigenvalue weighted by Crippen LogP contribution is -2.46. The second-order valence-electron chi connectivity index (χ2n) is 4.78. The van der Waals surface area contributed by atoms with Crippen LogP contribution in [0.1, 0.15) is 33.6 Å². The first-order valence-electron chi connectivity index (χ1n) is 5.77. The molecule has 1 rings (SSSR count). The smallest absolute Gasteiger partial charge is 0.143 e. The minimum absolute atomic E-state index is 0.128. The first-order valence-corrected chi connectivity index (χ1v) is 5.77. The van der Waals surface area contributed by atoms with E-state index in [4.69, 9.17) is 10.9 Å². The monoisotopic (exact) mass is 213 g/mol. The number of likely N-dealkylation sites (tertiary alicyclic amines) is 1. The van der Waals surface area contributed by atoms with Gasteiger partial charge in [-0.05, 0) is 32.2 Å². The first kappa shape index (κ1) is 12.3. The van der Waals surface area contributed by atoms with Crippen molar-refractivity contribution in [3.8, 4) is 0 Å². The molecule has 1 saturated heterocycles. The molecule has 3 N–H and O–H groups in total. The highest BCUT2D eigenvalue weighted by atomic mass is 16.4. The zero-order chi connectivity index (χ0) is 11.4. The lowest BCUT2D eigenvalue weighted by Gasteiger charge is -2.39. The number of rotatable bonds is 3. The molecule has 0 saturated carbocycles. The third-order valence-corrected chi connectivity index (χ3v) is 3.63. The van der Waals surface area contributed by atoms with Crippen LogP contribution >= 0.6 is 0 Å². The zero-order valence-electron chi connectivity index (χ0n) is 9.98. The minimum atomic E-state index is 0.128. The Labute approximate surface area is 92.1 Å². The van der Waals surface area contributed by atoms with Gasteiger partial charge in [0, 0.05) is 18.5 Å². The van der Waals surface area contributed by atoms with E-state index in [1.807, 2.05) is 6.92 Å². The fourth-order valence-corrected chi connectivity index (χ4v) is 2.22. The molecule has 0 aliphatic carbocycles. The van der Waals surface area contributed by atoms with E-state index in [1.54, 1.807) is 0 Å². The van der Waals surface area contributed by atoms with Crippen molar-refractivity contribution in [1.29, 1.82) is 0 Å². The fraction of sp³-hybridized carbons (Fsp3) is 0.909. The summed E-state index contributed by atoms with van der Waals surface area (Å²) in [7, 11) is 0.